The van der Waals surface area contributed by atoms with Crippen molar-refractivity contribution in [2.24, 2.45) is 5.10 Å². The largest absolute Gasteiger partial charge is 0.502 e. The Hall–Kier alpha value is -4.23. The molecule has 0 radical (unpaired) electrons. The van der Waals surface area contributed by atoms with Crippen molar-refractivity contribution in [1.82, 2.24) is 0 Å². The second-order valence-electron chi connectivity index (χ2n) is 7.35. The number of non-ortho nitro benzene ring substituents is 1. The van der Waals surface area contributed by atoms with Crippen molar-refractivity contribution in [3.8, 4) is 5.75 Å². The van der Waals surface area contributed by atoms with E-state index in [0.29, 0.717) is 5.56 Å². The maximum absolute atomic E-state index is 13.1. The minimum Gasteiger partial charge on any atom is -0.502 e. The molecule has 182 valence electrons. The fraction of sp³-hybridized carbons (Fsp3) is 0.0952. The van der Waals surface area contributed by atoms with Crippen molar-refractivity contribution in [2.45, 2.75) is 18.7 Å². The molecule has 3 aromatic rings. The minimum atomic E-state index is -4.31. The number of hydrazone groups is 1. The smallest absolute Gasteiger partial charge is 0.312 e. The van der Waals surface area contributed by atoms with E-state index in [9.17, 15) is 33.8 Å². The molecule has 0 saturated heterocycles. The van der Waals surface area contributed by atoms with E-state index in [1.165, 1.54) is 6.07 Å². The third-order valence-electron chi connectivity index (χ3n) is 4.76. The van der Waals surface area contributed by atoms with Gasteiger partial charge in [-0.05, 0) is 37.6 Å². The number of phenolic OH excluding ortho intramolecular Hbond substituents is 1. The van der Waals surface area contributed by atoms with E-state index in [1.54, 1.807) is 25.1 Å². The molecule has 0 spiro atoms. The van der Waals surface area contributed by atoms with Crippen molar-refractivity contribution < 1.29 is 23.4 Å². The standard InChI is InChI=1S/C21H18ClN5O7S/c1-12-3-5-17(13(2)7-12)25-35(33,34)20-10-16(26(29)30)4-6-18(20)24-23-11-14-8-15(22)9-19(21(14)28)27(31)32/h3-11,24-25,28H,1-2H3. The molecule has 0 atom stereocenters. The number of aryl methyl sites for hydroxylation is 2. The maximum atomic E-state index is 13.1. The van der Waals surface area contributed by atoms with Gasteiger partial charge in [-0.1, -0.05) is 29.3 Å². The molecule has 0 bridgehead atoms. The van der Waals surface area contributed by atoms with E-state index in [2.05, 4.69) is 15.2 Å². The van der Waals surface area contributed by atoms with Gasteiger partial charge >= 0.3 is 5.69 Å². The number of nitro groups is 2. The summed E-state index contributed by atoms with van der Waals surface area (Å²) in [5.74, 6) is -0.696. The summed E-state index contributed by atoms with van der Waals surface area (Å²) >= 11 is 5.84. The van der Waals surface area contributed by atoms with Gasteiger partial charge in [0.05, 0.1) is 27.4 Å². The van der Waals surface area contributed by atoms with Crippen LogP contribution in [0.4, 0.5) is 22.7 Å². The number of hydrogen-bond acceptors (Lipinski definition) is 9. The zero-order valence-corrected chi connectivity index (χ0v) is 19.8. The highest BCUT2D eigenvalue weighted by atomic mass is 35.5. The molecule has 0 unspecified atom stereocenters. The Morgan fingerprint density at radius 3 is 2.31 bits per heavy atom. The summed E-state index contributed by atoms with van der Waals surface area (Å²) in [5.41, 5.74) is 2.94. The van der Waals surface area contributed by atoms with Crippen LogP contribution in [0.3, 0.4) is 0 Å². The monoisotopic (exact) mass is 519 g/mol. The molecule has 0 heterocycles. The fourth-order valence-electron chi connectivity index (χ4n) is 3.08. The van der Waals surface area contributed by atoms with Crippen molar-refractivity contribution in [2.75, 3.05) is 10.1 Å². The summed E-state index contributed by atoms with van der Waals surface area (Å²) in [6.45, 7) is 3.55. The molecule has 0 aliphatic carbocycles. The molecule has 35 heavy (non-hydrogen) atoms. The average molecular weight is 520 g/mol. The van der Waals surface area contributed by atoms with Gasteiger partial charge in [-0.25, -0.2) is 8.42 Å². The molecule has 12 nitrogen and oxygen atoms in total. The molecule has 0 aromatic heterocycles. The number of benzene rings is 3. The van der Waals surface area contributed by atoms with Crippen LogP contribution in [0.15, 0.2) is 58.5 Å². The van der Waals surface area contributed by atoms with Crippen molar-refractivity contribution in [1.29, 1.82) is 0 Å². The number of nitro benzene ring substituents is 2. The molecular weight excluding hydrogens is 502 g/mol. The van der Waals surface area contributed by atoms with Gasteiger partial charge in [0.1, 0.15) is 4.90 Å². The topological polar surface area (TPSA) is 177 Å². The lowest BCUT2D eigenvalue weighted by Crippen LogP contribution is -2.16. The highest BCUT2D eigenvalue weighted by Gasteiger charge is 2.23. The summed E-state index contributed by atoms with van der Waals surface area (Å²) in [6.07, 6.45) is 0.990. The Morgan fingerprint density at radius 1 is 1.00 bits per heavy atom. The SMILES string of the molecule is Cc1ccc(NS(=O)(=O)c2cc([N+](=O)[O-])ccc2NN=Cc2cc(Cl)cc([N+](=O)[O-])c2O)c(C)c1. The van der Waals surface area contributed by atoms with Gasteiger partial charge in [0, 0.05) is 28.8 Å². The van der Waals surface area contributed by atoms with Crippen LogP contribution in [0, 0.1) is 34.1 Å². The Morgan fingerprint density at radius 2 is 1.69 bits per heavy atom. The normalized spacial score (nSPS) is 11.4. The highest BCUT2D eigenvalue weighted by Crippen LogP contribution is 2.33. The summed E-state index contributed by atoms with van der Waals surface area (Å²) in [6, 6.07) is 10.3. The molecule has 0 aliphatic heterocycles. The average Bonchev–Trinajstić information content (AvgIpc) is 2.77. The van der Waals surface area contributed by atoms with Crippen LogP contribution in [-0.2, 0) is 10.0 Å². The summed E-state index contributed by atoms with van der Waals surface area (Å²) < 4.78 is 28.7. The predicted molar refractivity (Wildman–Crippen MR) is 131 cm³/mol. The third-order valence-corrected chi connectivity index (χ3v) is 6.38. The molecule has 0 saturated carbocycles. The maximum Gasteiger partial charge on any atom is 0.312 e. The zero-order valence-electron chi connectivity index (χ0n) is 18.2. The van der Waals surface area contributed by atoms with Crippen LogP contribution >= 0.6 is 11.6 Å². The van der Waals surface area contributed by atoms with Crippen LogP contribution in [0.25, 0.3) is 0 Å². The number of nitrogens with one attached hydrogen (secondary N) is 2. The fourth-order valence-corrected chi connectivity index (χ4v) is 4.61. The Bertz CT molecular complexity index is 1480. The highest BCUT2D eigenvalue weighted by molar-refractivity contribution is 7.92. The molecule has 14 heteroatoms. The van der Waals surface area contributed by atoms with Crippen LogP contribution in [0.5, 0.6) is 5.75 Å². The van der Waals surface area contributed by atoms with Gasteiger partial charge in [0.25, 0.3) is 15.7 Å². The number of halogens is 1. The lowest BCUT2D eigenvalue weighted by atomic mass is 10.1. The first-order valence-electron chi connectivity index (χ1n) is 9.73. The van der Waals surface area contributed by atoms with E-state index in [4.69, 9.17) is 11.6 Å². The van der Waals surface area contributed by atoms with Crippen LogP contribution < -0.4 is 10.1 Å². The summed E-state index contributed by atoms with van der Waals surface area (Å²) in [4.78, 5) is 20.3. The first-order chi connectivity index (χ1) is 16.4. The zero-order chi connectivity index (χ0) is 25.9. The van der Waals surface area contributed by atoms with Gasteiger partial charge in [-0.3, -0.25) is 30.4 Å². The van der Waals surface area contributed by atoms with Crippen molar-refractivity contribution in [3.63, 3.8) is 0 Å². The number of hydrogen-bond donors (Lipinski definition) is 3. The summed E-state index contributed by atoms with van der Waals surface area (Å²) in [5, 5.41) is 36.2. The van der Waals surface area contributed by atoms with Gasteiger partial charge in [0.15, 0.2) is 0 Å². The number of aromatic hydroxyl groups is 1. The predicted octanol–water partition coefficient (Wildman–Crippen LogP) is 4.73. The number of nitrogens with zero attached hydrogens (tertiary/aromatic N) is 3. The first-order valence-corrected chi connectivity index (χ1v) is 11.6. The van der Waals surface area contributed by atoms with Crippen LogP contribution in [0.1, 0.15) is 16.7 Å². The second kappa shape index (κ2) is 9.95. The number of rotatable bonds is 8. The van der Waals surface area contributed by atoms with E-state index >= 15 is 0 Å². The van der Waals surface area contributed by atoms with E-state index in [-0.39, 0.29) is 22.0 Å². The Kier molecular flexibility index (Phi) is 7.22. The van der Waals surface area contributed by atoms with Crippen LogP contribution in [-0.4, -0.2) is 29.6 Å². The van der Waals surface area contributed by atoms with E-state index in [0.717, 1.165) is 36.0 Å². The molecular formula is C21H18ClN5O7S. The van der Waals surface area contributed by atoms with Crippen LogP contribution in [0.2, 0.25) is 5.02 Å². The van der Waals surface area contributed by atoms with Gasteiger partial charge in [-0.15, -0.1) is 0 Å². The molecule has 3 rings (SSSR count). The van der Waals surface area contributed by atoms with Crippen molar-refractivity contribution in [3.05, 3.63) is 90.5 Å². The second-order valence-corrected chi connectivity index (χ2v) is 9.44. The lowest BCUT2D eigenvalue weighted by molar-refractivity contribution is -0.385. The third kappa shape index (κ3) is 5.83. The van der Waals surface area contributed by atoms with Gasteiger partial charge in [0.2, 0.25) is 5.75 Å². The van der Waals surface area contributed by atoms with E-state index < -0.39 is 41.9 Å². The molecule has 3 N–H and O–H groups in total. The molecule has 0 amide bonds. The summed E-state index contributed by atoms with van der Waals surface area (Å²) in [7, 11) is -4.31. The lowest BCUT2D eigenvalue weighted by Gasteiger charge is -2.14. The number of anilines is 2. The number of phenols is 1. The Balaban J connectivity index is 2.00. The molecule has 0 fully saturated rings. The minimum absolute atomic E-state index is 0.0350. The number of sulfonamides is 1. The Labute approximate surface area is 204 Å². The quantitative estimate of drug-likeness (QED) is 0.217. The van der Waals surface area contributed by atoms with Gasteiger partial charge in [-0.2, -0.15) is 5.10 Å². The van der Waals surface area contributed by atoms with E-state index in [1.807, 2.05) is 6.92 Å². The molecule has 3 aromatic carbocycles. The first kappa shape index (κ1) is 25.4. The van der Waals surface area contributed by atoms with Crippen molar-refractivity contribution >= 4 is 50.6 Å². The van der Waals surface area contributed by atoms with Gasteiger partial charge < -0.3 is 5.11 Å². The molecule has 0 aliphatic rings.